The smallest absolute Gasteiger partial charge is 0.0614 e. The average molecular weight is 233 g/mol. The van der Waals surface area contributed by atoms with Crippen molar-refractivity contribution in [1.82, 2.24) is 10.0 Å². The molecular weight excluding hydrogens is 210 g/mol. The first-order valence-electron chi connectivity index (χ1n) is 6.55. The Kier molecular flexibility index (Phi) is 4.54. The van der Waals surface area contributed by atoms with Crippen molar-refractivity contribution in [3.05, 3.63) is 35.9 Å². The Morgan fingerprint density at radius 1 is 1.18 bits per heavy atom. The van der Waals surface area contributed by atoms with E-state index in [2.05, 4.69) is 47.4 Å². The fourth-order valence-electron chi connectivity index (χ4n) is 2.57. The summed E-state index contributed by atoms with van der Waals surface area (Å²) in [6.45, 7) is 3.00. The van der Waals surface area contributed by atoms with E-state index in [1.807, 2.05) is 0 Å². The summed E-state index contributed by atoms with van der Waals surface area (Å²) < 4.78 is 0. The third-order valence-electron chi connectivity index (χ3n) is 3.64. The number of hydrazine groups is 1. The zero-order chi connectivity index (χ0) is 12.1. The van der Waals surface area contributed by atoms with Gasteiger partial charge in [0.25, 0.3) is 0 Å². The van der Waals surface area contributed by atoms with E-state index in [4.69, 9.17) is 5.73 Å². The summed E-state index contributed by atoms with van der Waals surface area (Å²) in [5.74, 6) is 0. The second kappa shape index (κ2) is 6.15. The third kappa shape index (κ3) is 3.06. The molecule has 1 aromatic carbocycles. The lowest BCUT2D eigenvalue weighted by Gasteiger charge is -2.39. The number of hydrogen-bond acceptors (Lipinski definition) is 3. The molecule has 2 rings (SSSR count). The summed E-state index contributed by atoms with van der Waals surface area (Å²) in [6, 6.07) is 10.9. The zero-order valence-electron chi connectivity index (χ0n) is 10.7. The largest absolute Gasteiger partial charge is 0.329 e. The molecule has 3 nitrogen and oxygen atoms in total. The van der Waals surface area contributed by atoms with Crippen LogP contribution in [0.1, 0.15) is 30.9 Å². The number of rotatable bonds is 4. The number of nitrogens with zero attached hydrogens (tertiary/aromatic N) is 2. The first-order valence-corrected chi connectivity index (χ1v) is 6.55. The predicted octanol–water partition coefficient (Wildman–Crippen LogP) is 2.02. The molecule has 17 heavy (non-hydrogen) atoms. The minimum absolute atomic E-state index is 0.300. The van der Waals surface area contributed by atoms with Crippen LogP contribution in [0.4, 0.5) is 0 Å². The maximum absolute atomic E-state index is 5.94. The van der Waals surface area contributed by atoms with Gasteiger partial charge in [0.1, 0.15) is 0 Å². The molecule has 1 fully saturated rings. The topological polar surface area (TPSA) is 32.5 Å². The molecule has 1 aliphatic heterocycles. The molecule has 0 bridgehead atoms. The minimum atomic E-state index is 0.300. The molecule has 0 aliphatic carbocycles. The van der Waals surface area contributed by atoms with E-state index in [0.29, 0.717) is 12.6 Å². The van der Waals surface area contributed by atoms with Crippen molar-refractivity contribution in [2.45, 2.75) is 25.3 Å². The van der Waals surface area contributed by atoms with Crippen LogP contribution in [0.2, 0.25) is 0 Å². The molecule has 0 aromatic heterocycles. The summed E-state index contributed by atoms with van der Waals surface area (Å²) in [4.78, 5) is 0. The molecule has 3 heteroatoms. The van der Waals surface area contributed by atoms with Gasteiger partial charge in [0, 0.05) is 26.7 Å². The van der Waals surface area contributed by atoms with E-state index in [-0.39, 0.29) is 0 Å². The summed E-state index contributed by atoms with van der Waals surface area (Å²) in [6.07, 6.45) is 3.97. The third-order valence-corrected chi connectivity index (χ3v) is 3.64. The summed E-state index contributed by atoms with van der Waals surface area (Å²) in [5, 5.41) is 4.77. The molecule has 1 heterocycles. The van der Waals surface area contributed by atoms with Gasteiger partial charge in [-0.1, -0.05) is 36.8 Å². The highest BCUT2D eigenvalue weighted by atomic mass is 15.6. The van der Waals surface area contributed by atoms with Crippen LogP contribution < -0.4 is 5.73 Å². The van der Waals surface area contributed by atoms with Gasteiger partial charge in [0.05, 0.1) is 6.04 Å². The number of benzene rings is 1. The van der Waals surface area contributed by atoms with E-state index in [1.54, 1.807) is 0 Å². The number of nitrogens with two attached hydrogens (primary N) is 1. The van der Waals surface area contributed by atoms with E-state index >= 15 is 0 Å². The minimum Gasteiger partial charge on any atom is -0.329 e. The van der Waals surface area contributed by atoms with Crippen molar-refractivity contribution in [2.24, 2.45) is 5.73 Å². The number of likely N-dealkylation sites (N-methyl/N-ethyl adjacent to an activating group) is 1. The molecule has 0 radical (unpaired) electrons. The van der Waals surface area contributed by atoms with Crippen molar-refractivity contribution >= 4 is 0 Å². The van der Waals surface area contributed by atoms with Crippen LogP contribution in [-0.4, -0.2) is 36.7 Å². The van der Waals surface area contributed by atoms with Gasteiger partial charge in [-0.3, -0.25) is 0 Å². The standard InChI is InChI=1S/C14H23N3/c1-16(17-10-6-3-7-11-17)14(12-15)13-8-4-2-5-9-13/h2,4-5,8-9,14H,3,6-7,10-12,15H2,1H3. The van der Waals surface area contributed by atoms with Crippen LogP contribution in [0.3, 0.4) is 0 Å². The zero-order valence-corrected chi connectivity index (χ0v) is 10.7. The van der Waals surface area contributed by atoms with Crippen LogP contribution in [0, 0.1) is 0 Å². The summed E-state index contributed by atoms with van der Waals surface area (Å²) in [7, 11) is 2.16. The van der Waals surface area contributed by atoms with Crippen molar-refractivity contribution in [1.29, 1.82) is 0 Å². The molecular formula is C14H23N3. The molecule has 0 amide bonds. The van der Waals surface area contributed by atoms with Gasteiger partial charge in [-0.15, -0.1) is 0 Å². The lowest BCUT2D eigenvalue weighted by Crippen LogP contribution is -2.46. The van der Waals surface area contributed by atoms with Crippen molar-refractivity contribution in [2.75, 3.05) is 26.7 Å². The summed E-state index contributed by atoms with van der Waals surface area (Å²) >= 11 is 0. The van der Waals surface area contributed by atoms with Crippen molar-refractivity contribution in [3.63, 3.8) is 0 Å². The Hall–Kier alpha value is -0.900. The molecule has 1 aromatic rings. The maximum Gasteiger partial charge on any atom is 0.0614 e. The van der Waals surface area contributed by atoms with Crippen LogP contribution in [0.15, 0.2) is 30.3 Å². The van der Waals surface area contributed by atoms with E-state index in [1.165, 1.54) is 37.9 Å². The first-order chi connectivity index (χ1) is 8.33. The molecule has 0 spiro atoms. The lowest BCUT2D eigenvalue weighted by atomic mass is 10.1. The van der Waals surface area contributed by atoms with Crippen LogP contribution in [0.25, 0.3) is 0 Å². The first kappa shape index (κ1) is 12.6. The van der Waals surface area contributed by atoms with Crippen LogP contribution in [0.5, 0.6) is 0 Å². The quantitative estimate of drug-likeness (QED) is 0.863. The van der Waals surface area contributed by atoms with Gasteiger partial charge >= 0.3 is 0 Å². The van der Waals surface area contributed by atoms with Crippen molar-refractivity contribution < 1.29 is 0 Å². The van der Waals surface area contributed by atoms with Crippen LogP contribution >= 0.6 is 0 Å². The Morgan fingerprint density at radius 3 is 2.41 bits per heavy atom. The summed E-state index contributed by atoms with van der Waals surface area (Å²) in [5.41, 5.74) is 7.25. The molecule has 2 N–H and O–H groups in total. The lowest BCUT2D eigenvalue weighted by molar-refractivity contribution is -0.0492. The van der Waals surface area contributed by atoms with E-state index < -0.39 is 0 Å². The second-order valence-corrected chi connectivity index (χ2v) is 4.75. The Morgan fingerprint density at radius 2 is 1.82 bits per heavy atom. The van der Waals surface area contributed by atoms with E-state index in [0.717, 1.165) is 0 Å². The Balaban J connectivity index is 2.07. The highest BCUT2D eigenvalue weighted by Gasteiger charge is 2.22. The Bertz CT molecular complexity index is 319. The molecule has 94 valence electrons. The fraction of sp³-hybridized carbons (Fsp3) is 0.571. The van der Waals surface area contributed by atoms with Gasteiger partial charge in [-0.2, -0.15) is 0 Å². The van der Waals surface area contributed by atoms with Crippen molar-refractivity contribution in [3.8, 4) is 0 Å². The van der Waals surface area contributed by atoms with Gasteiger partial charge in [0.2, 0.25) is 0 Å². The average Bonchev–Trinajstić information content (AvgIpc) is 2.42. The van der Waals surface area contributed by atoms with Gasteiger partial charge in [-0.05, 0) is 18.4 Å². The highest BCUT2D eigenvalue weighted by molar-refractivity contribution is 5.19. The normalized spacial score (nSPS) is 19.5. The molecule has 1 unspecified atom stereocenters. The number of piperidine rings is 1. The SMILES string of the molecule is CN(C(CN)c1ccccc1)N1CCCCC1. The Labute approximate surface area is 104 Å². The molecule has 0 saturated carbocycles. The molecule has 1 atom stereocenters. The molecule has 1 saturated heterocycles. The monoisotopic (exact) mass is 233 g/mol. The molecule has 1 aliphatic rings. The van der Waals surface area contributed by atoms with Gasteiger partial charge in [0.15, 0.2) is 0 Å². The maximum atomic E-state index is 5.94. The second-order valence-electron chi connectivity index (χ2n) is 4.75. The van der Waals surface area contributed by atoms with Gasteiger partial charge in [-0.25, -0.2) is 10.0 Å². The van der Waals surface area contributed by atoms with Crippen LogP contribution in [-0.2, 0) is 0 Å². The number of hydrogen-bond donors (Lipinski definition) is 1. The predicted molar refractivity (Wildman–Crippen MR) is 71.4 cm³/mol. The fourth-order valence-corrected chi connectivity index (χ4v) is 2.57. The van der Waals surface area contributed by atoms with E-state index in [9.17, 15) is 0 Å². The van der Waals surface area contributed by atoms with Gasteiger partial charge < -0.3 is 5.73 Å². The highest BCUT2D eigenvalue weighted by Crippen LogP contribution is 2.22.